The fourth-order valence-electron chi connectivity index (χ4n) is 5.99. The Kier molecular flexibility index (Phi) is 13.6. The van der Waals surface area contributed by atoms with Crippen LogP contribution in [0.25, 0.3) is 11.1 Å². The fourth-order valence-corrected chi connectivity index (χ4v) is 6.50. The number of carboxylic acid groups (broad SMARTS) is 1. The summed E-state index contributed by atoms with van der Waals surface area (Å²) in [4.78, 5) is 18.1. The molecule has 11 nitrogen and oxygen atoms in total. The third-order valence-corrected chi connectivity index (χ3v) is 10.1. The van der Waals surface area contributed by atoms with Crippen LogP contribution in [0.3, 0.4) is 0 Å². The molecule has 280 valence electrons. The number of benzene rings is 3. The van der Waals surface area contributed by atoms with Crippen molar-refractivity contribution in [3.05, 3.63) is 105 Å². The Bertz CT molecular complexity index is 1960. The molecule has 13 heteroatoms. The van der Waals surface area contributed by atoms with Gasteiger partial charge in [-0.1, -0.05) is 53.5 Å². The van der Waals surface area contributed by atoms with Crippen molar-refractivity contribution in [1.82, 2.24) is 15.2 Å². The zero-order valence-corrected chi connectivity index (χ0v) is 31.5. The lowest BCUT2D eigenvalue weighted by molar-refractivity contribution is -0.145. The molecule has 2 heterocycles. The van der Waals surface area contributed by atoms with Gasteiger partial charge in [-0.2, -0.15) is 5.26 Å². The van der Waals surface area contributed by atoms with Crippen LogP contribution >= 0.6 is 23.2 Å². The van der Waals surface area contributed by atoms with Crippen LogP contribution in [-0.4, -0.2) is 75.2 Å². The minimum Gasteiger partial charge on any atom is -0.489 e. The summed E-state index contributed by atoms with van der Waals surface area (Å²) < 4.78 is 18.7. The minimum atomic E-state index is -1.60. The molecule has 4 N–H and O–H groups in total. The standard InChI is InChI=1S/C40H44Cl2N4O7/c1-25(10-12-46-13-11-31(48)21-46)53-35-9-5-8-33(38(35)42)32-7-4-6-29(26(32)2)23-52-37-16-36(51-22-28-14-27(17-43)18-44-19-28)30(15-34(37)41)20-45-40(3,24-47)39(49)50/h4-9,14-16,18-19,25,31,45,47-48H,10-13,20-24H2,1-3H3,(H,49,50)/t25-,31-,40+/m1/s1. The van der Waals surface area contributed by atoms with Crippen LogP contribution in [-0.2, 0) is 24.6 Å². The van der Waals surface area contributed by atoms with Crippen molar-refractivity contribution in [2.24, 2.45) is 0 Å². The first-order chi connectivity index (χ1) is 25.4. The van der Waals surface area contributed by atoms with E-state index < -0.39 is 18.1 Å². The molecule has 0 aliphatic carbocycles. The van der Waals surface area contributed by atoms with E-state index in [1.54, 1.807) is 24.4 Å². The molecule has 0 saturated carbocycles. The highest BCUT2D eigenvalue weighted by atomic mass is 35.5. The number of pyridine rings is 1. The molecule has 53 heavy (non-hydrogen) atoms. The zero-order valence-electron chi connectivity index (χ0n) is 29.9. The number of β-amino-alcohol motifs (C(OH)–C–C–N with tert-alkyl or cyclic N) is 1. The molecule has 0 amide bonds. The predicted molar refractivity (Wildman–Crippen MR) is 202 cm³/mol. The molecule has 0 radical (unpaired) electrons. The number of nitrogens with zero attached hydrogens (tertiary/aromatic N) is 3. The average Bonchev–Trinajstić information content (AvgIpc) is 3.58. The summed E-state index contributed by atoms with van der Waals surface area (Å²) in [6.07, 6.45) is 4.33. The molecule has 3 atom stereocenters. The molecule has 0 bridgehead atoms. The second-order valence-electron chi connectivity index (χ2n) is 13.5. The number of carboxylic acids is 1. The summed E-state index contributed by atoms with van der Waals surface area (Å²) in [5.41, 5.74) is 3.59. The van der Waals surface area contributed by atoms with Gasteiger partial charge in [-0.05, 0) is 68.5 Å². The van der Waals surface area contributed by atoms with Crippen LogP contribution in [0.5, 0.6) is 17.2 Å². The fraction of sp³-hybridized carbons (Fsp3) is 0.375. The second kappa shape index (κ2) is 18.1. The summed E-state index contributed by atoms with van der Waals surface area (Å²) in [5, 5.41) is 42.2. The summed E-state index contributed by atoms with van der Waals surface area (Å²) in [6.45, 7) is 7.45. The Morgan fingerprint density at radius 3 is 2.55 bits per heavy atom. The summed E-state index contributed by atoms with van der Waals surface area (Å²) in [7, 11) is 0. The average molecular weight is 764 g/mol. The first kappa shape index (κ1) is 39.8. The number of carbonyl (C=O) groups is 1. The molecule has 4 aromatic rings. The highest BCUT2D eigenvalue weighted by Crippen LogP contribution is 2.39. The molecule has 1 aromatic heterocycles. The minimum absolute atomic E-state index is 0.0151. The number of aliphatic hydroxyl groups excluding tert-OH is 2. The van der Waals surface area contributed by atoms with Gasteiger partial charge in [0.25, 0.3) is 0 Å². The van der Waals surface area contributed by atoms with Crippen molar-refractivity contribution >= 4 is 29.2 Å². The lowest BCUT2D eigenvalue weighted by Crippen LogP contribution is -2.52. The molecule has 0 spiro atoms. The maximum absolute atomic E-state index is 11.8. The van der Waals surface area contributed by atoms with E-state index in [1.807, 2.05) is 50.2 Å². The number of nitrogens with one attached hydrogen (secondary N) is 1. The van der Waals surface area contributed by atoms with Crippen molar-refractivity contribution < 1.29 is 34.3 Å². The zero-order chi connectivity index (χ0) is 38.1. The third kappa shape index (κ3) is 10.2. The van der Waals surface area contributed by atoms with Gasteiger partial charge in [-0.25, -0.2) is 0 Å². The van der Waals surface area contributed by atoms with E-state index in [0.717, 1.165) is 48.2 Å². The molecule has 1 fully saturated rings. The van der Waals surface area contributed by atoms with Gasteiger partial charge in [0.15, 0.2) is 0 Å². The largest absolute Gasteiger partial charge is 0.489 e. The van der Waals surface area contributed by atoms with E-state index in [1.165, 1.54) is 13.1 Å². The Hall–Kier alpha value is -4.41. The van der Waals surface area contributed by atoms with Gasteiger partial charge < -0.3 is 34.4 Å². The highest BCUT2D eigenvalue weighted by Gasteiger charge is 2.32. The predicted octanol–water partition coefficient (Wildman–Crippen LogP) is 6.54. The topological polar surface area (TPSA) is 157 Å². The lowest BCUT2D eigenvalue weighted by Gasteiger charge is -2.25. The summed E-state index contributed by atoms with van der Waals surface area (Å²) >= 11 is 13.7. The van der Waals surface area contributed by atoms with Crippen molar-refractivity contribution in [3.8, 4) is 34.4 Å². The van der Waals surface area contributed by atoms with Gasteiger partial charge >= 0.3 is 5.97 Å². The number of ether oxygens (including phenoxy) is 3. The third-order valence-electron chi connectivity index (χ3n) is 9.40. The van der Waals surface area contributed by atoms with Crippen molar-refractivity contribution in [1.29, 1.82) is 5.26 Å². The number of likely N-dealkylation sites (tertiary alicyclic amines) is 1. The van der Waals surface area contributed by atoms with E-state index in [9.17, 15) is 25.4 Å². The summed E-state index contributed by atoms with van der Waals surface area (Å²) in [6, 6.07) is 18.6. The molecule has 5 rings (SSSR count). The number of aliphatic hydroxyl groups is 2. The number of aliphatic carboxylic acids is 1. The van der Waals surface area contributed by atoms with Gasteiger partial charge in [0.05, 0.1) is 34.4 Å². The van der Waals surface area contributed by atoms with E-state index in [-0.39, 0.29) is 37.0 Å². The van der Waals surface area contributed by atoms with Gasteiger partial charge in [-0.3, -0.25) is 15.1 Å². The first-order valence-corrected chi connectivity index (χ1v) is 18.1. The smallest absolute Gasteiger partial charge is 0.326 e. The molecule has 1 saturated heterocycles. The Balaban J connectivity index is 1.33. The maximum atomic E-state index is 11.8. The van der Waals surface area contributed by atoms with Gasteiger partial charge in [-0.15, -0.1) is 0 Å². The first-order valence-electron chi connectivity index (χ1n) is 17.4. The molecule has 1 aliphatic rings. The van der Waals surface area contributed by atoms with Crippen LogP contribution in [0, 0.1) is 18.3 Å². The molecule has 0 unspecified atom stereocenters. The summed E-state index contributed by atoms with van der Waals surface area (Å²) in [5.74, 6) is 0.0981. The van der Waals surface area contributed by atoms with Crippen LogP contribution < -0.4 is 19.5 Å². The van der Waals surface area contributed by atoms with Crippen molar-refractivity contribution in [2.45, 2.75) is 71.1 Å². The van der Waals surface area contributed by atoms with Gasteiger partial charge in [0, 0.05) is 61.3 Å². The lowest BCUT2D eigenvalue weighted by atomic mass is 9.96. The van der Waals surface area contributed by atoms with Gasteiger partial charge in [0.1, 0.15) is 42.1 Å². The van der Waals surface area contributed by atoms with E-state index in [0.29, 0.717) is 45.5 Å². The quantitative estimate of drug-likeness (QED) is 0.0926. The maximum Gasteiger partial charge on any atom is 0.326 e. The van der Waals surface area contributed by atoms with Crippen LogP contribution in [0.1, 0.15) is 54.5 Å². The molecular weight excluding hydrogens is 719 g/mol. The van der Waals surface area contributed by atoms with Gasteiger partial charge in [0.2, 0.25) is 0 Å². The second-order valence-corrected chi connectivity index (χ2v) is 14.3. The van der Waals surface area contributed by atoms with Crippen LogP contribution in [0.15, 0.2) is 67.0 Å². The van der Waals surface area contributed by atoms with Crippen LogP contribution in [0.2, 0.25) is 10.0 Å². The number of hydrogen-bond donors (Lipinski definition) is 4. The molecular formula is C40H44Cl2N4O7. The molecule has 1 aliphatic heterocycles. The Labute approximate surface area is 319 Å². The SMILES string of the molecule is Cc1c(COc2cc(OCc3cncc(C#N)c3)c(CN[C@@](C)(CO)C(=O)O)cc2Cl)cccc1-c1cccc(O[C@H](C)CCN2CC[C@@H](O)C2)c1Cl. The number of nitriles is 1. The normalized spacial score (nSPS) is 16.1. The molecule has 3 aromatic carbocycles. The van der Waals surface area contributed by atoms with Crippen molar-refractivity contribution in [3.63, 3.8) is 0 Å². The van der Waals surface area contributed by atoms with E-state index >= 15 is 0 Å². The van der Waals surface area contributed by atoms with E-state index in [2.05, 4.69) is 21.3 Å². The number of hydrogen-bond acceptors (Lipinski definition) is 10. The number of aromatic nitrogens is 1. The van der Waals surface area contributed by atoms with Crippen molar-refractivity contribution in [2.75, 3.05) is 26.2 Å². The number of rotatable bonds is 17. The Morgan fingerprint density at radius 2 is 1.83 bits per heavy atom. The number of halogens is 2. The monoisotopic (exact) mass is 762 g/mol. The highest BCUT2D eigenvalue weighted by molar-refractivity contribution is 6.35. The Morgan fingerprint density at radius 1 is 1.08 bits per heavy atom. The van der Waals surface area contributed by atoms with E-state index in [4.69, 9.17) is 37.4 Å². The van der Waals surface area contributed by atoms with Crippen LogP contribution in [0.4, 0.5) is 0 Å².